The maximum atomic E-state index is 13.2. The molecule has 2 atom stereocenters. The van der Waals surface area contributed by atoms with Crippen LogP contribution in [0.5, 0.6) is 5.75 Å². The van der Waals surface area contributed by atoms with E-state index in [9.17, 15) is 9.59 Å². The standard InChI is InChI=1S/C24H32O3/c1-2-3-4-8-13-19(25)16-17-21-23(26)20-14-9-10-15-22(20)27-24(21)18-11-6-5-7-12-18/h9-11,14-15,21,24H,2-8,12-13,16-17H2,1H3. The predicted octanol–water partition coefficient (Wildman–Crippen LogP) is 6.07. The molecule has 27 heavy (non-hydrogen) atoms. The Morgan fingerprint density at radius 1 is 1.11 bits per heavy atom. The van der Waals surface area contributed by atoms with Gasteiger partial charge in [0.1, 0.15) is 17.6 Å². The Bertz CT molecular complexity index is 689. The lowest BCUT2D eigenvalue weighted by Crippen LogP contribution is -2.39. The molecule has 1 aromatic carbocycles. The molecule has 3 rings (SSSR count). The van der Waals surface area contributed by atoms with Crippen LogP contribution in [-0.4, -0.2) is 17.7 Å². The van der Waals surface area contributed by atoms with Gasteiger partial charge in [-0.3, -0.25) is 9.59 Å². The molecule has 0 fully saturated rings. The summed E-state index contributed by atoms with van der Waals surface area (Å²) in [5.41, 5.74) is 1.93. The molecule has 1 aliphatic carbocycles. The van der Waals surface area contributed by atoms with E-state index in [0.29, 0.717) is 30.6 Å². The maximum Gasteiger partial charge on any atom is 0.173 e. The number of fused-ring (bicyclic) bond motifs is 1. The number of benzene rings is 1. The van der Waals surface area contributed by atoms with Gasteiger partial charge >= 0.3 is 0 Å². The number of carbonyl (C=O) groups is 2. The highest BCUT2D eigenvalue weighted by atomic mass is 16.5. The summed E-state index contributed by atoms with van der Waals surface area (Å²) in [4.78, 5) is 25.5. The van der Waals surface area contributed by atoms with Gasteiger partial charge in [-0.25, -0.2) is 0 Å². The van der Waals surface area contributed by atoms with Crippen molar-refractivity contribution in [1.82, 2.24) is 0 Å². The van der Waals surface area contributed by atoms with Crippen molar-refractivity contribution in [2.75, 3.05) is 0 Å². The van der Waals surface area contributed by atoms with Gasteiger partial charge in [-0.2, -0.15) is 0 Å². The van der Waals surface area contributed by atoms with Gasteiger partial charge in [0.15, 0.2) is 5.78 Å². The summed E-state index contributed by atoms with van der Waals surface area (Å²) in [6.07, 6.45) is 12.7. The van der Waals surface area contributed by atoms with E-state index >= 15 is 0 Å². The predicted molar refractivity (Wildman–Crippen MR) is 108 cm³/mol. The first-order valence-electron chi connectivity index (χ1n) is 10.7. The molecule has 0 N–H and O–H groups in total. The molecule has 3 heteroatoms. The summed E-state index contributed by atoms with van der Waals surface area (Å²) in [7, 11) is 0. The summed E-state index contributed by atoms with van der Waals surface area (Å²) < 4.78 is 6.30. The second-order valence-electron chi connectivity index (χ2n) is 7.92. The van der Waals surface area contributed by atoms with E-state index in [1.54, 1.807) is 0 Å². The second kappa shape index (κ2) is 9.87. The van der Waals surface area contributed by atoms with Crippen LogP contribution in [0.4, 0.5) is 0 Å². The lowest BCUT2D eigenvalue weighted by molar-refractivity contribution is -0.119. The number of rotatable bonds is 9. The van der Waals surface area contributed by atoms with Crippen LogP contribution in [0.2, 0.25) is 0 Å². The molecule has 2 aliphatic rings. The Hall–Kier alpha value is -1.90. The van der Waals surface area contributed by atoms with E-state index < -0.39 is 0 Å². The van der Waals surface area contributed by atoms with Gasteiger partial charge in [0.05, 0.1) is 11.5 Å². The molecule has 0 amide bonds. The number of hydrogen-bond acceptors (Lipinski definition) is 3. The molecule has 0 radical (unpaired) electrons. The minimum atomic E-state index is -0.233. The van der Waals surface area contributed by atoms with Crippen molar-refractivity contribution < 1.29 is 14.3 Å². The van der Waals surface area contributed by atoms with Crippen LogP contribution in [0.25, 0.3) is 0 Å². The highest BCUT2D eigenvalue weighted by molar-refractivity contribution is 6.02. The summed E-state index contributed by atoms with van der Waals surface area (Å²) in [6, 6.07) is 7.54. The Morgan fingerprint density at radius 2 is 1.96 bits per heavy atom. The average molecular weight is 369 g/mol. The van der Waals surface area contributed by atoms with Gasteiger partial charge in [0.2, 0.25) is 0 Å². The number of hydrogen-bond donors (Lipinski definition) is 0. The summed E-state index contributed by atoms with van der Waals surface area (Å²) in [5.74, 6) is 0.895. The fourth-order valence-corrected chi connectivity index (χ4v) is 4.26. The normalized spacial score (nSPS) is 22.0. The largest absolute Gasteiger partial charge is 0.485 e. The third-order valence-corrected chi connectivity index (χ3v) is 5.84. The molecule has 0 saturated carbocycles. The van der Waals surface area contributed by atoms with Gasteiger partial charge in [-0.1, -0.05) is 44.4 Å². The van der Waals surface area contributed by atoms with Crippen LogP contribution in [0.3, 0.4) is 0 Å². The monoisotopic (exact) mass is 368 g/mol. The van der Waals surface area contributed by atoms with E-state index in [1.165, 1.54) is 24.8 Å². The lowest BCUT2D eigenvalue weighted by atomic mass is 9.79. The third-order valence-electron chi connectivity index (χ3n) is 5.84. The highest BCUT2D eigenvalue weighted by Gasteiger charge is 2.39. The molecule has 2 unspecified atom stereocenters. The molecule has 1 aliphatic heterocycles. The molecule has 1 aromatic rings. The molecule has 0 saturated heterocycles. The molecule has 146 valence electrons. The van der Waals surface area contributed by atoms with E-state index in [2.05, 4.69) is 13.0 Å². The Balaban J connectivity index is 1.68. The minimum absolute atomic E-state index is 0.145. The highest BCUT2D eigenvalue weighted by Crippen LogP contribution is 2.38. The maximum absolute atomic E-state index is 13.2. The van der Waals surface area contributed by atoms with Gasteiger partial charge in [0, 0.05) is 12.8 Å². The smallest absolute Gasteiger partial charge is 0.173 e. The first-order chi connectivity index (χ1) is 13.2. The van der Waals surface area contributed by atoms with Crippen molar-refractivity contribution in [3.8, 4) is 5.75 Å². The van der Waals surface area contributed by atoms with Crippen molar-refractivity contribution in [2.45, 2.75) is 83.7 Å². The van der Waals surface area contributed by atoms with Gasteiger partial charge in [-0.05, 0) is 56.2 Å². The average Bonchev–Trinajstić information content (AvgIpc) is 2.71. The molecule has 0 spiro atoms. The van der Waals surface area contributed by atoms with E-state index in [4.69, 9.17) is 4.74 Å². The van der Waals surface area contributed by atoms with Crippen molar-refractivity contribution >= 4 is 11.6 Å². The van der Waals surface area contributed by atoms with E-state index in [1.807, 2.05) is 24.3 Å². The first-order valence-corrected chi connectivity index (χ1v) is 10.7. The van der Waals surface area contributed by atoms with Gasteiger partial charge in [0.25, 0.3) is 0 Å². The number of allylic oxidation sites excluding steroid dienone is 1. The quantitative estimate of drug-likeness (QED) is 0.393. The van der Waals surface area contributed by atoms with Crippen LogP contribution in [-0.2, 0) is 4.79 Å². The molecular weight excluding hydrogens is 336 g/mol. The molecule has 0 aromatic heterocycles. The van der Waals surface area contributed by atoms with Crippen molar-refractivity contribution in [3.63, 3.8) is 0 Å². The SMILES string of the molecule is CCCCCCC(=O)CCC1C(=O)c2ccccc2OC1C1=CCCCC1. The minimum Gasteiger partial charge on any atom is -0.485 e. The van der Waals surface area contributed by atoms with E-state index in [-0.39, 0.29) is 23.6 Å². The fraction of sp³-hybridized carbons (Fsp3) is 0.583. The molecule has 3 nitrogen and oxygen atoms in total. The second-order valence-corrected chi connectivity index (χ2v) is 7.92. The number of unbranched alkanes of at least 4 members (excludes halogenated alkanes) is 3. The molecular formula is C24H32O3. The Labute approximate surface area is 163 Å². The fourth-order valence-electron chi connectivity index (χ4n) is 4.26. The van der Waals surface area contributed by atoms with Gasteiger partial charge < -0.3 is 4.74 Å². The lowest BCUT2D eigenvalue weighted by Gasteiger charge is -2.35. The summed E-state index contributed by atoms with van der Waals surface area (Å²) in [5, 5.41) is 0. The number of Topliss-reactive ketones (excluding diaryl/α,β-unsaturated/α-hetero) is 2. The zero-order valence-electron chi connectivity index (χ0n) is 16.5. The van der Waals surface area contributed by atoms with Crippen LogP contribution in [0.1, 0.15) is 87.9 Å². The zero-order valence-corrected chi connectivity index (χ0v) is 16.5. The van der Waals surface area contributed by atoms with Crippen LogP contribution < -0.4 is 4.74 Å². The van der Waals surface area contributed by atoms with Gasteiger partial charge in [-0.15, -0.1) is 0 Å². The van der Waals surface area contributed by atoms with Crippen LogP contribution >= 0.6 is 0 Å². The van der Waals surface area contributed by atoms with Crippen molar-refractivity contribution in [1.29, 1.82) is 0 Å². The number of carbonyl (C=O) groups excluding carboxylic acids is 2. The number of para-hydroxylation sites is 1. The zero-order chi connectivity index (χ0) is 19.1. The summed E-state index contributed by atoms with van der Waals surface area (Å²) >= 11 is 0. The number of ketones is 2. The molecule has 0 bridgehead atoms. The Kier molecular flexibility index (Phi) is 7.25. The third kappa shape index (κ3) is 5.09. The first kappa shape index (κ1) is 19.9. The Morgan fingerprint density at radius 3 is 2.74 bits per heavy atom. The summed E-state index contributed by atoms with van der Waals surface area (Å²) in [6.45, 7) is 2.18. The van der Waals surface area contributed by atoms with Crippen LogP contribution in [0.15, 0.2) is 35.9 Å². The van der Waals surface area contributed by atoms with Crippen molar-refractivity contribution in [2.24, 2.45) is 5.92 Å². The van der Waals surface area contributed by atoms with E-state index in [0.717, 1.165) is 32.1 Å². The van der Waals surface area contributed by atoms with Crippen LogP contribution in [0, 0.1) is 5.92 Å². The number of ether oxygens (including phenoxy) is 1. The topological polar surface area (TPSA) is 43.4 Å². The molecule has 1 heterocycles. The van der Waals surface area contributed by atoms with Crippen molar-refractivity contribution in [3.05, 3.63) is 41.5 Å².